The molecule has 2 saturated heterocycles. The predicted octanol–water partition coefficient (Wildman–Crippen LogP) is 1.09. The first kappa shape index (κ1) is 17.0. The summed E-state index contributed by atoms with van der Waals surface area (Å²) in [6, 6.07) is 0. The molecule has 1 aromatic rings. The van der Waals surface area contributed by atoms with Crippen LogP contribution in [-0.2, 0) is 20.9 Å². The minimum absolute atomic E-state index is 0.00393. The Morgan fingerprint density at radius 3 is 2.71 bits per heavy atom. The van der Waals surface area contributed by atoms with Gasteiger partial charge in [-0.3, -0.25) is 14.7 Å². The van der Waals surface area contributed by atoms with Gasteiger partial charge in [0.05, 0.1) is 6.20 Å². The van der Waals surface area contributed by atoms with Gasteiger partial charge in [0, 0.05) is 50.5 Å². The van der Waals surface area contributed by atoms with Crippen LogP contribution < -0.4 is 0 Å². The smallest absolute Gasteiger partial charge is 0.251 e. The molecule has 24 heavy (non-hydrogen) atoms. The fourth-order valence-corrected chi connectivity index (χ4v) is 3.50. The molecule has 1 N–H and O–H groups in total. The normalized spacial score (nSPS) is 21.9. The van der Waals surface area contributed by atoms with Crippen molar-refractivity contribution in [3.8, 4) is 0 Å². The lowest BCUT2D eigenvalue weighted by Crippen LogP contribution is -2.46. The maximum Gasteiger partial charge on any atom is 0.251 e. The van der Waals surface area contributed by atoms with Gasteiger partial charge in [0.1, 0.15) is 6.10 Å². The van der Waals surface area contributed by atoms with E-state index < -0.39 is 0 Å². The second kappa shape index (κ2) is 7.34. The Morgan fingerprint density at radius 1 is 1.38 bits per heavy atom. The number of nitrogens with one attached hydrogen (secondary N) is 1. The zero-order valence-corrected chi connectivity index (χ0v) is 14.5. The number of amides is 2. The SMILES string of the molecule is Cc1[nH]ncc1CN(C)C(=O)C1CCN(C(=O)[C@@H]2CCCO2)CC1. The van der Waals surface area contributed by atoms with Crippen molar-refractivity contribution in [3.05, 3.63) is 17.5 Å². The molecule has 2 aliphatic rings. The van der Waals surface area contributed by atoms with Gasteiger partial charge in [-0.2, -0.15) is 5.10 Å². The van der Waals surface area contributed by atoms with Crippen molar-refractivity contribution in [1.29, 1.82) is 0 Å². The van der Waals surface area contributed by atoms with Crippen LogP contribution in [-0.4, -0.2) is 64.7 Å². The van der Waals surface area contributed by atoms with Gasteiger partial charge in [-0.1, -0.05) is 0 Å². The number of carbonyl (C=O) groups excluding carboxylic acids is 2. The van der Waals surface area contributed by atoms with Gasteiger partial charge in [-0.25, -0.2) is 0 Å². The Kier molecular flexibility index (Phi) is 5.18. The number of carbonyl (C=O) groups is 2. The molecule has 1 aromatic heterocycles. The minimum Gasteiger partial charge on any atom is -0.368 e. The highest BCUT2D eigenvalue weighted by molar-refractivity contribution is 5.82. The van der Waals surface area contributed by atoms with Crippen LogP contribution in [0, 0.1) is 12.8 Å². The summed E-state index contributed by atoms with van der Waals surface area (Å²) >= 11 is 0. The average molecular weight is 334 g/mol. The summed E-state index contributed by atoms with van der Waals surface area (Å²) < 4.78 is 5.48. The number of aryl methyl sites for hydroxylation is 1. The number of hydrogen-bond donors (Lipinski definition) is 1. The van der Waals surface area contributed by atoms with Gasteiger partial charge in [-0.15, -0.1) is 0 Å². The van der Waals surface area contributed by atoms with Crippen LogP contribution >= 0.6 is 0 Å². The van der Waals surface area contributed by atoms with Crippen LogP contribution in [0.4, 0.5) is 0 Å². The Labute approximate surface area is 142 Å². The van der Waals surface area contributed by atoms with E-state index in [2.05, 4.69) is 10.2 Å². The Morgan fingerprint density at radius 2 is 2.12 bits per heavy atom. The van der Waals surface area contributed by atoms with Crippen molar-refractivity contribution < 1.29 is 14.3 Å². The lowest BCUT2D eigenvalue weighted by atomic mass is 9.94. The minimum atomic E-state index is -0.260. The maximum absolute atomic E-state index is 12.6. The topological polar surface area (TPSA) is 78.5 Å². The number of aromatic nitrogens is 2. The summed E-state index contributed by atoms with van der Waals surface area (Å²) in [4.78, 5) is 28.6. The van der Waals surface area contributed by atoms with E-state index in [0.29, 0.717) is 26.2 Å². The zero-order chi connectivity index (χ0) is 17.1. The van der Waals surface area contributed by atoms with Gasteiger partial charge >= 0.3 is 0 Å². The number of rotatable bonds is 4. The van der Waals surface area contributed by atoms with Crippen molar-refractivity contribution >= 4 is 11.8 Å². The van der Waals surface area contributed by atoms with E-state index >= 15 is 0 Å². The Hall–Kier alpha value is -1.89. The van der Waals surface area contributed by atoms with E-state index in [-0.39, 0.29) is 23.8 Å². The fourth-order valence-electron chi connectivity index (χ4n) is 3.50. The van der Waals surface area contributed by atoms with Crippen LogP contribution in [0.1, 0.15) is 36.9 Å². The lowest BCUT2D eigenvalue weighted by molar-refractivity contribution is -0.145. The summed E-state index contributed by atoms with van der Waals surface area (Å²) in [5, 5.41) is 6.89. The molecule has 2 aliphatic heterocycles. The number of hydrogen-bond acceptors (Lipinski definition) is 4. The van der Waals surface area contributed by atoms with E-state index in [1.807, 2.05) is 18.9 Å². The number of aromatic amines is 1. The van der Waals surface area contributed by atoms with E-state index in [9.17, 15) is 9.59 Å². The molecule has 0 aromatic carbocycles. The van der Waals surface area contributed by atoms with Crippen molar-refractivity contribution in [1.82, 2.24) is 20.0 Å². The van der Waals surface area contributed by atoms with Crippen LogP contribution in [0.15, 0.2) is 6.20 Å². The molecule has 0 spiro atoms. The van der Waals surface area contributed by atoms with Gasteiger partial charge in [-0.05, 0) is 32.6 Å². The van der Waals surface area contributed by atoms with Crippen molar-refractivity contribution in [2.45, 2.75) is 45.3 Å². The third-order valence-electron chi connectivity index (χ3n) is 5.08. The lowest BCUT2D eigenvalue weighted by Gasteiger charge is -2.34. The fraction of sp³-hybridized carbons (Fsp3) is 0.706. The van der Waals surface area contributed by atoms with Gasteiger partial charge < -0.3 is 14.5 Å². The molecule has 2 amide bonds. The largest absolute Gasteiger partial charge is 0.368 e. The molecule has 1 atom stereocenters. The number of nitrogens with zero attached hydrogens (tertiary/aromatic N) is 3. The summed E-state index contributed by atoms with van der Waals surface area (Å²) in [7, 11) is 1.83. The number of ether oxygens (including phenoxy) is 1. The van der Waals surface area contributed by atoms with Crippen molar-refractivity contribution in [2.75, 3.05) is 26.7 Å². The van der Waals surface area contributed by atoms with E-state index in [0.717, 1.165) is 36.9 Å². The maximum atomic E-state index is 12.6. The molecule has 0 saturated carbocycles. The van der Waals surface area contributed by atoms with Gasteiger partial charge in [0.15, 0.2) is 0 Å². The highest BCUT2D eigenvalue weighted by Crippen LogP contribution is 2.23. The molecule has 3 rings (SSSR count). The zero-order valence-electron chi connectivity index (χ0n) is 14.5. The molecule has 0 bridgehead atoms. The molecule has 0 radical (unpaired) electrons. The molecular formula is C17H26N4O3. The first-order valence-corrected chi connectivity index (χ1v) is 8.70. The van der Waals surface area contributed by atoms with Gasteiger partial charge in [0.2, 0.25) is 5.91 Å². The summed E-state index contributed by atoms with van der Waals surface area (Å²) in [6.45, 7) is 4.50. The molecule has 0 unspecified atom stereocenters. The first-order valence-electron chi connectivity index (χ1n) is 8.70. The molecule has 7 heteroatoms. The second-order valence-corrected chi connectivity index (χ2v) is 6.82. The van der Waals surface area contributed by atoms with Crippen LogP contribution in [0.5, 0.6) is 0 Å². The standard InChI is InChI=1S/C17H26N4O3/c1-12-14(10-18-19-12)11-20(2)16(22)13-5-7-21(8-6-13)17(23)15-4-3-9-24-15/h10,13,15H,3-9,11H2,1-2H3,(H,18,19)/t15-/m0/s1. The molecular weight excluding hydrogens is 308 g/mol. The third kappa shape index (κ3) is 3.61. The van der Waals surface area contributed by atoms with Crippen LogP contribution in [0.2, 0.25) is 0 Å². The average Bonchev–Trinajstić information content (AvgIpc) is 3.26. The molecule has 3 heterocycles. The second-order valence-electron chi connectivity index (χ2n) is 6.82. The predicted molar refractivity (Wildman–Crippen MR) is 88.1 cm³/mol. The van der Waals surface area contributed by atoms with Crippen LogP contribution in [0.25, 0.3) is 0 Å². The van der Waals surface area contributed by atoms with Crippen molar-refractivity contribution in [3.63, 3.8) is 0 Å². The van der Waals surface area contributed by atoms with Crippen LogP contribution in [0.3, 0.4) is 0 Å². The quantitative estimate of drug-likeness (QED) is 0.894. The molecule has 132 valence electrons. The van der Waals surface area contributed by atoms with E-state index in [4.69, 9.17) is 4.74 Å². The first-order chi connectivity index (χ1) is 11.6. The molecule has 7 nitrogen and oxygen atoms in total. The Bertz CT molecular complexity index is 586. The Balaban J connectivity index is 1.49. The molecule has 0 aliphatic carbocycles. The van der Waals surface area contributed by atoms with Crippen molar-refractivity contribution in [2.24, 2.45) is 5.92 Å². The third-order valence-corrected chi connectivity index (χ3v) is 5.08. The van der Waals surface area contributed by atoms with E-state index in [1.165, 1.54) is 0 Å². The summed E-state index contributed by atoms with van der Waals surface area (Å²) in [5.41, 5.74) is 2.03. The van der Waals surface area contributed by atoms with E-state index in [1.54, 1.807) is 11.1 Å². The van der Waals surface area contributed by atoms with Gasteiger partial charge in [0.25, 0.3) is 5.91 Å². The highest BCUT2D eigenvalue weighted by atomic mass is 16.5. The summed E-state index contributed by atoms with van der Waals surface area (Å²) in [6.07, 6.45) is 4.75. The number of piperidine rings is 1. The molecule has 2 fully saturated rings. The number of likely N-dealkylation sites (tertiary alicyclic amines) is 1. The highest BCUT2D eigenvalue weighted by Gasteiger charge is 2.33. The number of H-pyrrole nitrogens is 1. The summed E-state index contributed by atoms with van der Waals surface area (Å²) in [5.74, 6) is 0.247. The monoisotopic (exact) mass is 334 g/mol.